The van der Waals surface area contributed by atoms with Crippen LogP contribution >= 0.6 is 11.8 Å². The van der Waals surface area contributed by atoms with Gasteiger partial charge in [-0.05, 0) is 49.6 Å². The lowest BCUT2D eigenvalue weighted by atomic mass is 10.2. The third-order valence-electron chi connectivity index (χ3n) is 4.55. The highest BCUT2D eigenvalue weighted by Crippen LogP contribution is 2.29. The Morgan fingerprint density at radius 2 is 1.79 bits per heavy atom. The SMILES string of the molecule is COc1ccc(CN(C(=O)COC(=O)C(C)Sc2ccccc2)C2CC2)cc1. The molecule has 0 bridgehead atoms. The Morgan fingerprint density at radius 1 is 1.11 bits per heavy atom. The molecule has 1 unspecified atom stereocenters. The average Bonchev–Trinajstić information content (AvgIpc) is 3.56. The zero-order valence-corrected chi connectivity index (χ0v) is 17.0. The molecule has 0 heterocycles. The van der Waals surface area contributed by atoms with Crippen LogP contribution in [-0.4, -0.2) is 41.8 Å². The van der Waals surface area contributed by atoms with Crippen LogP contribution in [0.1, 0.15) is 25.3 Å². The van der Waals surface area contributed by atoms with Gasteiger partial charge in [0.15, 0.2) is 6.61 Å². The van der Waals surface area contributed by atoms with E-state index in [0.29, 0.717) is 6.54 Å². The van der Waals surface area contributed by atoms with Crippen molar-refractivity contribution in [3.63, 3.8) is 0 Å². The zero-order valence-electron chi connectivity index (χ0n) is 16.2. The second kappa shape index (κ2) is 9.64. The molecule has 0 spiro atoms. The molecule has 1 fully saturated rings. The summed E-state index contributed by atoms with van der Waals surface area (Å²) in [6.07, 6.45) is 1.99. The number of nitrogens with zero attached hydrogens (tertiary/aromatic N) is 1. The van der Waals surface area contributed by atoms with Gasteiger partial charge in [-0.3, -0.25) is 9.59 Å². The first-order chi connectivity index (χ1) is 13.6. The maximum absolute atomic E-state index is 12.7. The van der Waals surface area contributed by atoms with Gasteiger partial charge < -0.3 is 14.4 Å². The molecule has 3 rings (SSSR count). The second-order valence-corrected chi connectivity index (χ2v) is 8.20. The van der Waals surface area contributed by atoms with Crippen molar-refractivity contribution in [3.05, 3.63) is 60.2 Å². The number of esters is 1. The van der Waals surface area contributed by atoms with Crippen LogP contribution in [0.2, 0.25) is 0 Å². The molecule has 28 heavy (non-hydrogen) atoms. The summed E-state index contributed by atoms with van der Waals surface area (Å²) in [6, 6.07) is 17.6. The van der Waals surface area contributed by atoms with Crippen LogP contribution in [0.15, 0.2) is 59.5 Å². The Labute approximate surface area is 170 Å². The number of carbonyl (C=O) groups excluding carboxylic acids is 2. The van der Waals surface area contributed by atoms with Gasteiger partial charge in [-0.25, -0.2) is 0 Å². The van der Waals surface area contributed by atoms with Crippen LogP contribution < -0.4 is 4.74 Å². The number of ether oxygens (including phenoxy) is 2. The van der Waals surface area contributed by atoms with Gasteiger partial charge in [0.25, 0.3) is 5.91 Å². The monoisotopic (exact) mass is 399 g/mol. The molecule has 0 N–H and O–H groups in total. The molecular formula is C22H25NO4S. The summed E-state index contributed by atoms with van der Waals surface area (Å²) in [6.45, 7) is 2.09. The van der Waals surface area contributed by atoms with Gasteiger partial charge >= 0.3 is 5.97 Å². The first-order valence-electron chi connectivity index (χ1n) is 9.37. The van der Waals surface area contributed by atoms with E-state index < -0.39 is 0 Å². The van der Waals surface area contributed by atoms with E-state index in [1.165, 1.54) is 11.8 Å². The molecule has 0 radical (unpaired) electrons. The van der Waals surface area contributed by atoms with Crippen LogP contribution in [0.25, 0.3) is 0 Å². The maximum atomic E-state index is 12.7. The Balaban J connectivity index is 1.51. The Hall–Kier alpha value is -2.47. The number of hydrogen-bond acceptors (Lipinski definition) is 5. The Morgan fingerprint density at radius 3 is 2.39 bits per heavy atom. The largest absolute Gasteiger partial charge is 0.497 e. The standard InChI is InChI=1S/C22H25NO4S/c1-16(28-20-6-4-3-5-7-20)22(25)27-15-21(24)23(18-10-11-18)14-17-8-12-19(26-2)13-9-17/h3-9,12-13,16,18H,10-11,14-15H2,1-2H3. The summed E-state index contributed by atoms with van der Waals surface area (Å²) in [5, 5.41) is -0.369. The van der Waals surface area contributed by atoms with Crippen LogP contribution in [-0.2, 0) is 20.9 Å². The van der Waals surface area contributed by atoms with Crippen molar-refractivity contribution < 1.29 is 19.1 Å². The van der Waals surface area contributed by atoms with Gasteiger partial charge in [0, 0.05) is 17.5 Å². The molecule has 0 saturated heterocycles. The van der Waals surface area contributed by atoms with Crippen LogP contribution in [0.5, 0.6) is 5.75 Å². The van der Waals surface area contributed by atoms with E-state index in [2.05, 4.69) is 0 Å². The number of benzene rings is 2. The summed E-state index contributed by atoms with van der Waals surface area (Å²) < 4.78 is 10.5. The van der Waals surface area contributed by atoms with Crippen molar-refractivity contribution >= 4 is 23.6 Å². The molecule has 2 aromatic rings. The molecule has 1 aliphatic carbocycles. The van der Waals surface area contributed by atoms with Crippen molar-refractivity contribution in [3.8, 4) is 5.75 Å². The first kappa shape index (κ1) is 20.3. The highest BCUT2D eigenvalue weighted by molar-refractivity contribution is 8.00. The first-order valence-corrected chi connectivity index (χ1v) is 10.3. The minimum atomic E-state index is -0.373. The molecule has 1 amide bonds. The van der Waals surface area contributed by atoms with Crippen molar-refractivity contribution in [2.45, 2.75) is 42.5 Å². The number of carbonyl (C=O) groups is 2. The number of methoxy groups -OCH3 is 1. The van der Waals surface area contributed by atoms with E-state index in [1.54, 1.807) is 14.0 Å². The molecule has 1 aliphatic rings. The third-order valence-corrected chi connectivity index (χ3v) is 5.64. The molecule has 1 saturated carbocycles. The fourth-order valence-corrected chi connectivity index (χ4v) is 3.71. The number of hydrogen-bond donors (Lipinski definition) is 0. The normalized spacial score (nSPS) is 14.2. The molecule has 5 nitrogen and oxygen atoms in total. The van der Waals surface area contributed by atoms with Gasteiger partial charge in [-0.1, -0.05) is 30.3 Å². The molecule has 148 valence electrons. The summed E-state index contributed by atoms with van der Waals surface area (Å²) >= 11 is 1.43. The van der Waals surface area contributed by atoms with Crippen LogP contribution in [0.3, 0.4) is 0 Å². The van der Waals surface area contributed by atoms with E-state index in [4.69, 9.17) is 9.47 Å². The molecular weight excluding hydrogens is 374 g/mol. The van der Waals surface area contributed by atoms with Crippen LogP contribution in [0.4, 0.5) is 0 Å². The average molecular weight is 400 g/mol. The van der Waals surface area contributed by atoms with E-state index in [1.807, 2.05) is 59.5 Å². The smallest absolute Gasteiger partial charge is 0.319 e. The van der Waals surface area contributed by atoms with Crippen LogP contribution in [0, 0.1) is 0 Å². The molecule has 0 aliphatic heterocycles. The molecule has 6 heteroatoms. The van der Waals surface area contributed by atoms with E-state index >= 15 is 0 Å². The topological polar surface area (TPSA) is 55.8 Å². The van der Waals surface area contributed by atoms with E-state index in [9.17, 15) is 9.59 Å². The third kappa shape index (κ3) is 5.76. The van der Waals surface area contributed by atoms with E-state index in [0.717, 1.165) is 29.1 Å². The van der Waals surface area contributed by atoms with Crippen molar-refractivity contribution in [2.24, 2.45) is 0 Å². The minimum Gasteiger partial charge on any atom is -0.497 e. The van der Waals surface area contributed by atoms with Gasteiger partial charge in [0.05, 0.1) is 7.11 Å². The van der Waals surface area contributed by atoms with Gasteiger partial charge in [0.2, 0.25) is 0 Å². The summed E-state index contributed by atoms with van der Waals surface area (Å²) in [5.41, 5.74) is 1.03. The second-order valence-electron chi connectivity index (χ2n) is 6.78. The number of rotatable bonds is 9. The fourth-order valence-electron chi connectivity index (χ4n) is 2.82. The summed E-state index contributed by atoms with van der Waals surface area (Å²) in [5.74, 6) is 0.262. The fraction of sp³-hybridized carbons (Fsp3) is 0.364. The Kier molecular flexibility index (Phi) is 6.98. The molecule has 0 aromatic heterocycles. The maximum Gasteiger partial charge on any atom is 0.319 e. The molecule has 1 atom stereocenters. The van der Waals surface area contributed by atoms with Crippen molar-refractivity contribution in [1.29, 1.82) is 0 Å². The van der Waals surface area contributed by atoms with Gasteiger partial charge in [-0.2, -0.15) is 0 Å². The lowest BCUT2D eigenvalue weighted by molar-refractivity contribution is -0.151. The van der Waals surface area contributed by atoms with Crippen molar-refractivity contribution in [1.82, 2.24) is 4.90 Å². The highest BCUT2D eigenvalue weighted by Gasteiger charge is 2.33. The quantitative estimate of drug-likeness (QED) is 0.473. The Bertz CT molecular complexity index is 790. The summed E-state index contributed by atoms with van der Waals surface area (Å²) in [7, 11) is 1.63. The minimum absolute atomic E-state index is 0.149. The molecule has 2 aromatic carbocycles. The summed E-state index contributed by atoms with van der Waals surface area (Å²) in [4.78, 5) is 27.7. The number of amides is 1. The van der Waals surface area contributed by atoms with E-state index in [-0.39, 0.29) is 29.8 Å². The predicted molar refractivity (Wildman–Crippen MR) is 109 cm³/mol. The predicted octanol–water partition coefficient (Wildman–Crippen LogP) is 3.91. The lowest BCUT2D eigenvalue weighted by Crippen LogP contribution is -2.36. The van der Waals surface area contributed by atoms with Crippen molar-refractivity contribution in [2.75, 3.05) is 13.7 Å². The highest BCUT2D eigenvalue weighted by atomic mass is 32.2. The lowest BCUT2D eigenvalue weighted by Gasteiger charge is -2.23. The zero-order chi connectivity index (χ0) is 19.9. The van der Waals surface area contributed by atoms with Gasteiger partial charge in [-0.15, -0.1) is 11.8 Å². The number of thioether (sulfide) groups is 1. The van der Waals surface area contributed by atoms with Gasteiger partial charge in [0.1, 0.15) is 11.0 Å².